The molecule has 0 atom stereocenters. The molecular formula is C17H31N3O3. The predicted octanol–water partition coefficient (Wildman–Crippen LogP) is 1.70. The van der Waals surface area contributed by atoms with Crippen LogP contribution in [0.5, 0.6) is 0 Å². The van der Waals surface area contributed by atoms with Crippen LogP contribution in [0.4, 0.5) is 4.79 Å². The van der Waals surface area contributed by atoms with Crippen LogP contribution in [0.3, 0.4) is 0 Å². The SMILES string of the molecule is CCC1CCC(CNC(=O)N2CCN(C(=O)COC)CC2)CC1. The van der Waals surface area contributed by atoms with Crippen molar-refractivity contribution in [3.05, 3.63) is 0 Å². The maximum Gasteiger partial charge on any atom is 0.317 e. The molecule has 3 amide bonds. The van der Waals surface area contributed by atoms with E-state index in [1.807, 2.05) is 4.90 Å². The Labute approximate surface area is 139 Å². The van der Waals surface area contributed by atoms with Gasteiger partial charge in [0, 0.05) is 39.8 Å². The standard InChI is InChI=1S/C17H31N3O3/c1-3-14-4-6-15(7-5-14)12-18-17(22)20-10-8-19(9-11-20)16(21)13-23-2/h14-15H,3-13H2,1-2H3,(H,18,22). The molecule has 2 aliphatic rings. The molecule has 6 heteroatoms. The number of hydrogen-bond acceptors (Lipinski definition) is 3. The molecule has 6 nitrogen and oxygen atoms in total. The highest BCUT2D eigenvalue weighted by Crippen LogP contribution is 2.30. The van der Waals surface area contributed by atoms with Crippen molar-refractivity contribution >= 4 is 11.9 Å². The smallest absolute Gasteiger partial charge is 0.317 e. The highest BCUT2D eigenvalue weighted by molar-refractivity contribution is 5.78. The Morgan fingerprint density at radius 3 is 2.13 bits per heavy atom. The Balaban J connectivity index is 1.64. The number of nitrogens with zero attached hydrogens (tertiary/aromatic N) is 2. The Morgan fingerprint density at radius 1 is 1.00 bits per heavy atom. The van der Waals surface area contributed by atoms with Crippen molar-refractivity contribution in [2.24, 2.45) is 11.8 Å². The minimum Gasteiger partial charge on any atom is -0.375 e. The molecule has 1 saturated heterocycles. The van der Waals surface area contributed by atoms with E-state index in [2.05, 4.69) is 12.2 Å². The van der Waals surface area contributed by atoms with E-state index in [1.165, 1.54) is 39.2 Å². The number of ether oxygens (including phenoxy) is 1. The van der Waals surface area contributed by atoms with Gasteiger partial charge >= 0.3 is 6.03 Å². The number of carbonyl (C=O) groups excluding carboxylic acids is 2. The zero-order chi connectivity index (χ0) is 16.7. The van der Waals surface area contributed by atoms with Gasteiger partial charge in [0.2, 0.25) is 5.91 Å². The van der Waals surface area contributed by atoms with Crippen LogP contribution in [0.25, 0.3) is 0 Å². The second-order valence-electron chi connectivity index (χ2n) is 6.78. The number of amides is 3. The first-order valence-corrected chi connectivity index (χ1v) is 8.93. The number of urea groups is 1. The third-order valence-corrected chi connectivity index (χ3v) is 5.27. The van der Waals surface area contributed by atoms with Gasteiger partial charge in [-0.15, -0.1) is 0 Å². The van der Waals surface area contributed by atoms with Crippen LogP contribution >= 0.6 is 0 Å². The summed E-state index contributed by atoms with van der Waals surface area (Å²) in [5, 5.41) is 3.08. The molecular weight excluding hydrogens is 294 g/mol. The summed E-state index contributed by atoms with van der Waals surface area (Å²) in [6, 6.07) is 0.0152. The fourth-order valence-electron chi connectivity index (χ4n) is 3.56. The van der Waals surface area contributed by atoms with Crippen molar-refractivity contribution in [2.45, 2.75) is 39.0 Å². The molecule has 0 aromatic heterocycles. The van der Waals surface area contributed by atoms with E-state index in [1.54, 1.807) is 4.90 Å². The second-order valence-corrected chi connectivity index (χ2v) is 6.78. The largest absolute Gasteiger partial charge is 0.375 e. The van der Waals surface area contributed by atoms with Crippen molar-refractivity contribution in [2.75, 3.05) is 46.4 Å². The topological polar surface area (TPSA) is 61.9 Å². The molecule has 23 heavy (non-hydrogen) atoms. The third-order valence-electron chi connectivity index (χ3n) is 5.27. The van der Waals surface area contributed by atoms with E-state index < -0.39 is 0 Å². The minimum atomic E-state index is 0.000224. The van der Waals surface area contributed by atoms with Gasteiger partial charge in [-0.3, -0.25) is 4.79 Å². The quantitative estimate of drug-likeness (QED) is 0.837. The Bertz CT molecular complexity index is 387. The molecule has 1 N–H and O–H groups in total. The molecule has 2 rings (SSSR count). The van der Waals surface area contributed by atoms with Crippen LogP contribution in [-0.4, -0.2) is 68.2 Å². The van der Waals surface area contributed by atoms with Crippen molar-refractivity contribution < 1.29 is 14.3 Å². The Hall–Kier alpha value is -1.30. The molecule has 0 radical (unpaired) electrons. The van der Waals surface area contributed by atoms with E-state index in [0.717, 1.165) is 12.5 Å². The molecule has 2 fully saturated rings. The van der Waals surface area contributed by atoms with Crippen LogP contribution < -0.4 is 5.32 Å². The number of methoxy groups -OCH3 is 1. The summed E-state index contributed by atoms with van der Waals surface area (Å²) in [5.74, 6) is 1.52. The number of piperazine rings is 1. The zero-order valence-corrected chi connectivity index (χ0v) is 14.6. The second kappa shape index (κ2) is 9.11. The maximum atomic E-state index is 12.3. The average molecular weight is 325 g/mol. The lowest BCUT2D eigenvalue weighted by atomic mass is 9.81. The van der Waals surface area contributed by atoms with Gasteiger partial charge in [-0.2, -0.15) is 0 Å². The summed E-state index contributed by atoms with van der Waals surface area (Å²) in [6.45, 7) is 5.57. The van der Waals surface area contributed by atoms with Crippen LogP contribution in [0.15, 0.2) is 0 Å². The lowest BCUT2D eigenvalue weighted by molar-refractivity contribution is -0.136. The van der Waals surface area contributed by atoms with Crippen LogP contribution in [0.1, 0.15) is 39.0 Å². The first-order valence-electron chi connectivity index (χ1n) is 8.93. The van der Waals surface area contributed by atoms with Gasteiger partial charge < -0.3 is 19.9 Å². The monoisotopic (exact) mass is 325 g/mol. The molecule has 0 spiro atoms. The van der Waals surface area contributed by atoms with Crippen molar-refractivity contribution in [1.29, 1.82) is 0 Å². The lowest BCUT2D eigenvalue weighted by Crippen LogP contribution is -2.54. The highest BCUT2D eigenvalue weighted by Gasteiger charge is 2.25. The fraction of sp³-hybridized carbons (Fsp3) is 0.882. The van der Waals surface area contributed by atoms with Gasteiger partial charge in [-0.1, -0.05) is 26.2 Å². The molecule has 1 aliphatic carbocycles. The number of nitrogens with one attached hydrogen (secondary N) is 1. The fourth-order valence-corrected chi connectivity index (χ4v) is 3.56. The van der Waals surface area contributed by atoms with Crippen LogP contribution in [0, 0.1) is 11.8 Å². The summed E-state index contributed by atoms with van der Waals surface area (Å²) < 4.78 is 4.87. The molecule has 0 bridgehead atoms. The molecule has 0 aromatic rings. The van der Waals surface area contributed by atoms with Crippen molar-refractivity contribution in [3.63, 3.8) is 0 Å². The predicted molar refractivity (Wildman–Crippen MR) is 89.2 cm³/mol. The van der Waals surface area contributed by atoms with Gasteiger partial charge in [-0.05, 0) is 24.7 Å². The van der Waals surface area contributed by atoms with Gasteiger partial charge in [-0.25, -0.2) is 4.79 Å². The summed E-state index contributed by atoms with van der Waals surface area (Å²) in [4.78, 5) is 27.6. The zero-order valence-electron chi connectivity index (χ0n) is 14.6. The van der Waals surface area contributed by atoms with Gasteiger partial charge in [0.25, 0.3) is 0 Å². The third kappa shape index (κ3) is 5.37. The maximum absolute atomic E-state index is 12.3. The van der Waals surface area contributed by atoms with E-state index in [4.69, 9.17) is 4.74 Å². The lowest BCUT2D eigenvalue weighted by Gasteiger charge is -2.35. The summed E-state index contributed by atoms with van der Waals surface area (Å²) >= 11 is 0. The van der Waals surface area contributed by atoms with Gasteiger partial charge in [0.05, 0.1) is 0 Å². The van der Waals surface area contributed by atoms with Gasteiger partial charge in [0.1, 0.15) is 6.61 Å². The molecule has 0 aromatic carbocycles. The number of hydrogen-bond donors (Lipinski definition) is 1. The summed E-state index contributed by atoms with van der Waals surface area (Å²) in [5.41, 5.74) is 0. The van der Waals surface area contributed by atoms with E-state index in [9.17, 15) is 9.59 Å². The molecule has 1 aliphatic heterocycles. The highest BCUT2D eigenvalue weighted by atomic mass is 16.5. The van der Waals surface area contributed by atoms with Gasteiger partial charge in [0.15, 0.2) is 0 Å². The van der Waals surface area contributed by atoms with Crippen molar-refractivity contribution in [3.8, 4) is 0 Å². The van der Waals surface area contributed by atoms with Crippen LogP contribution in [-0.2, 0) is 9.53 Å². The first kappa shape index (κ1) is 18.0. The van der Waals surface area contributed by atoms with Crippen molar-refractivity contribution in [1.82, 2.24) is 15.1 Å². The number of carbonyl (C=O) groups is 2. The molecule has 1 saturated carbocycles. The van der Waals surface area contributed by atoms with E-state index >= 15 is 0 Å². The van der Waals surface area contributed by atoms with E-state index in [-0.39, 0.29) is 18.5 Å². The normalized spacial score (nSPS) is 25.3. The minimum absolute atomic E-state index is 0.000224. The number of rotatable bonds is 5. The van der Waals surface area contributed by atoms with E-state index in [0.29, 0.717) is 32.1 Å². The average Bonchev–Trinajstić information content (AvgIpc) is 2.60. The first-order chi connectivity index (χ1) is 11.1. The Kier molecular flexibility index (Phi) is 7.15. The molecule has 0 unspecified atom stereocenters. The molecule has 132 valence electrons. The van der Waals surface area contributed by atoms with Crippen LogP contribution in [0.2, 0.25) is 0 Å². The summed E-state index contributed by atoms with van der Waals surface area (Å²) in [7, 11) is 1.52. The molecule has 1 heterocycles. The Morgan fingerprint density at radius 2 is 1.57 bits per heavy atom. The summed E-state index contributed by atoms with van der Waals surface area (Å²) in [6.07, 6.45) is 6.36.